The molecule has 2 aromatic heterocycles. The summed E-state index contributed by atoms with van der Waals surface area (Å²) in [6.45, 7) is 7.41. The van der Waals surface area contributed by atoms with Gasteiger partial charge in [0.25, 0.3) is 6.54 Å². The fraction of sp³-hybridized carbons (Fsp3) is 0.136. The summed E-state index contributed by atoms with van der Waals surface area (Å²) < 4.78 is 35.7. The minimum absolute atomic E-state index is 0.199. The molecular formula is C22H18F2N4O2. The minimum atomic E-state index is -0.299. The topological polar surface area (TPSA) is 82.4 Å². The second-order valence-electron chi connectivity index (χ2n) is 6.16. The molecule has 4 rings (SSSR count). The summed E-state index contributed by atoms with van der Waals surface area (Å²) >= 11 is 0. The van der Waals surface area contributed by atoms with E-state index < -0.39 is 0 Å². The van der Waals surface area contributed by atoms with E-state index in [1.165, 1.54) is 30.5 Å². The predicted octanol–water partition coefficient (Wildman–Crippen LogP) is 4.88. The maximum absolute atomic E-state index is 12.7. The van der Waals surface area contributed by atoms with Crippen LogP contribution in [0.5, 0.6) is 0 Å². The summed E-state index contributed by atoms with van der Waals surface area (Å²) in [6.07, 6.45) is 3.70. The van der Waals surface area contributed by atoms with Gasteiger partial charge in [-0.2, -0.15) is 0 Å². The summed E-state index contributed by atoms with van der Waals surface area (Å²) in [7, 11) is 0. The van der Waals surface area contributed by atoms with Crippen molar-refractivity contribution in [1.29, 1.82) is 0 Å². The lowest BCUT2D eigenvalue weighted by Gasteiger charge is -1.93. The third-order valence-electron chi connectivity index (χ3n) is 3.93. The fourth-order valence-electron chi connectivity index (χ4n) is 2.48. The van der Waals surface area contributed by atoms with Crippen LogP contribution in [0.25, 0.3) is 27.8 Å². The van der Waals surface area contributed by atoms with Gasteiger partial charge in [-0.1, -0.05) is 0 Å². The average molecular weight is 408 g/mol. The summed E-state index contributed by atoms with van der Waals surface area (Å²) in [5, 5.41) is 0. The van der Waals surface area contributed by atoms with E-state index >= 15 is 0 Å². The van der Waals surface area contributed by atoms with Crippen molar-refractivity contribution in [3.63, 3.8) is 0 Å². The second kappa shape index (κ2) is 10.1. The smallest absolute Gasteiger partial charge is 0.259 e. The van der Waals surface area contributed by atoms with Crippen LogP contribution in [0.2, 0.25) is 0 Å². The molecule has 4 aromatic rings. The predicted molar refractivity (Wildman–Crippen MR) is 107 cm³/mol. The number of rotatable bonds is 5. The Hall–Kier alpha value is -3.83. The van der Waals surface area contributed by atoms with Gasteiger partial charge in [-0.3, -0.25) is 0 Å². The molecular weight excluding hydrogens is 390 g/mol. The van der Waals surface area contributed by atoms with Crippen molar-refractivity contribution in [1.82, 2.24) is 9.97 Å². The SMILES string of the molecule is NCCc1coc(-c2ccc(F)cc2)n1.[C-]#[N+]Cc1coc(-c2ccc(F)cc2)n1. The van der Waals surface area contributed by atoms with E-state index in [-0.39, 0.29) is 18.2 Å². The minimum Gasteiger partial charge on any atom is -0.444 e. The first-order valence-electron chi connectivity index (χ1n) is 9.03. The van der Waals surface area contributed by atoms with Crippen LogP contribution < -0.4 is 5.73 Å². The number of oxazole rings is 2. The van der Waals surface area contributed by atoms with Gasteiger partial charge in [-0.05, 0) is 55.1 Å². The lowest BCUT2D eigenvalue weighted by Crippen LogP contribution is -2.02. The summed E-state index contributed by atoms with van der Waals surface area (Å²) in [4.78, 5) is 11.5. The van der Waals surface area contributed by atoms with E-state index in [1.54, 1.807) is 30.5 Å². The molecule has 0 bridgehead atoms. The van der Waals surface area contributed by atoms with Gasteiger partial charge in [0.1, 0.15) is 24.2 Å². The van der Waals surface area contributed by atoms with Crippen molar-refractivity contribution < 1.29 is 17.6 Å². The van der Waals surface area contributed by atoms with E-state index in [0.29, 0.717) is 36.0 Å². The number of nitrogens with two attached hydrogens (primary N) is 1. The van der Waals surface area contributed by atoms with E-state index in [4.69, 9.17) is 21.1 Å². The quantitative estimate of drug-likeness (QED) is 0.476. The molecule has 152 valence electrons. The Kier molecular flexibility index (Phi) is 7.03. The number of aromatic nitrogens is 2. The molecule has 0 unspecified atom stereocenters. The first-order chi connectivity index (χ1) is 14.6. The van der Waals surface area contributed by atoms with Crippen molar-refractivity contribution in [2.75, 3.05) is 6.54 Å². The van der Waals surface area contributed by atoms with Gasteiger partial charge in [0, 0.05) is 17.5 Å². The molecule has 6 nitrogen and oxygen atoms in total. The molecule has 2 aromatic carbocycles. The molecule has 0 spiro atoms. The van der Waals surface area contributed by atoms with E-state index in [9.17, 15) is 8.78 Å². The van der Waals surface area contributed by atoms with E-state index in [0.717, 1.165) is 11.3 Å². The van der Waals surface area contributed by atoms with Crippen LogP contribution in [-0.2, 0) is 13.0 Å². The molecule has 0 saturated carbocycles. The Bertz CT molecular complexity index is 1110. The zero-order chi connectivity index (χ0) is 21.3. The highest BCUT2D eigenvalue weighted by atomic mass is 19.1. The lowest BCUT2D eigenvalue weighted by molar-refractivity contribution is 0.572. The van der Waals surface area contributed by atoms with Crippen molar-refractivity contribution in [3.05, 3.63) is 95.5 Å². The third-order valence-corrected chi connectivity index (χ3v) is 3.93. The number of nitrogens with zero attached hydrogens (tertiary/aromatic N) is 3. The Labute approximate surface area is 171 Å². The van der Waals surface area contributed by atoms with E-state index in [1.807, 2.05) is 0 Å². The third kappa shape index (κ3) is 5.59. The maximum atomic E-state index is 12.7. The van der Waals surface area contributed by atoms with Crippen LogP contribution >= 0.6 is 0 Å². The molecule has 0 atom stereocenters. The molecule has 0 aliphatic rings. The number of benzene rings is 2. The molecule has 2 N–H and O–H groups in total. The largest absolute Gasteiger partial charge is 0.444 e. The first-order valence-corrected chi connectivity index (χ1v) is 9.03. The Morgan fingerprint density at radius 2 is 1.27 bits per heavy atom. The average Bonchev–Trinajstić information content (AvgIpc) is 3.40. The lowest BCUT2D eigenvalue weighted by atomic mass is 10.2. The van der Waals surface area contributed by atoms with Crippen molar-refractivity contribution in [2.24, 2.45) is 5.73 Å². The molecule has 8 heteroatoms. The Balaban J connectivity index is 0.000000171. The summed E-state index contributed by atoms with van der Waals surface area (Å²) in [6, 6.07) is 11.9. The molecule has 2 heterocycles. The molecule has 0 radical (unpaired) electrons. The Morgan fingerprint density at radius 1 is 0.800 bits per heavy atom. The van der Waals surface area contributed by atoms with Gasteiger partial charge in [0.2, 0.25) is 11.8 Å². The highest BCUT2D eigenvalue weighted by Crippen LogP contribution is 2.20. The van der Waals surface area contributed by atoms with Gasteiger partial charge >= 0.3 is 0 Å². The van der Waals surface area contributed by atoms with Crippen molar-refractivity contribution in [3.8, 4) is 22.9 Å². The zero-order valence-corrected chi connectivity index (χ0v) is 15.9. The van der Waals surface area contributed by atoms with Crippen molar-refractivity contribution in [2.45, 2.75) is 13.0 Å². The summed E-state index contributed by atoms with van der Waals surface area (Å²) in [5.74, 6) is 0.339. The standard InChI is InChI=1S/C11H7FN2O.C11H11FN2O/c1-13-6-10-7-15-11(14-10)8-2-4-9(12)5-3-8;12-9-3-1-8(2-4-9)11-14-10(5-6-13)7-15-11/h2-5,7H,6H2;1-4,7H,5-6,13H2. The molecule has 0 fully saturated rings. The molecule has 0 saturated heterocycles. The summed E-state index contributed by atoms with van der Waals surface area (Å²) in [5.41, 5.74) is 8.27. The van der Waals surface area contributed by atoms with Crippen LogP contribution in [0.1, 0.15) is 11.4 Å². The normalized spacial score (nSPS) is 10.2. The first kappa shape index (κ1) is 20.9. The highest BCUT2D eigenvalue weighted by Gasteiger charge is 2.08. The van der Waals surface area contributed by atoms with Gasteiger partial charge in [0.05, 0.1) is 5.69 Å². The second-order valence-corrected chi connectivity index (χ2v) is 6.16. The van der Waals surface area contributed by atoms with Crippen LogP contribution in [0.4, 0.5) is 8.78 Å². The number of hydrogen-bond donors (Lipinski definition) is 1. The van der Waals surface area contributed by atoms with E-state index in [2.05, 4.69) is 14.8 Å². The molecule has 0 aliphatic heterocycles. The maximum Gasteiger partial charge on any atom is 0.259 e. The van der Waals surface area contributed by atoms with Crippen LogP contribution in [0, 0.1) is 18.2 Å². The molecule has 0 amide bonds. The van der Waals surface area contributed by atoms with Crippen LogP contribution in [0.3, 0.4) is 0 Å². The van der Waals surface area contributed by atoms with Gasteiger partial charge in [-0.25, -0.2) is 25.3 Å². The monoisotopic (exact) mass is 408 g/mol. The van der Waals surface area contributed by atoms with Gasteiger partial charge in [-0.15, -0.1) is 0 Å². The van der Waals surface area contributed by atoms with Crippen LogP contribution in [0.15, 0.2) is 69.9 Å². The molecule has 0 aliphatic carbocycles. The fourth-order valence-corrected chi connectivity index (χ4v) is 2.48. The zero-order valence-electron chi connectivity index (χ0n) is 15.9. The number of hydrogen-bond acceptors (Lipinski definition) is 5. The van der Waals surface area contributed by atoms with Gasteiger partial charge in [0.15, 0.2) is 5.69 Å². The van der Waals surface area contributed by atoms with Crippen LogP contribution in [-0.4, -0.2) is 16.5 Å². The number of halogens is 2. The van der Waals surface area contributed by atoms with Crippen molar-refractivity contribution >= 4 is 0 Å². The highest BCUT2D eigenvalue weighted by molar-refractivity contribution is 5.53. The van der Waals surface area contributed by atoms with Gasteiger partial charge < -0.3 is 19.4 Å². The Morgan fingerprint density at radius 3 is 1.73 bits per heavy atom. The molecule has 30 heavy (non-hydrogen) atoms.